The number of ether oxygens (including phenoxy) is 1. The number of carbonyl (C=O) groups excluding carboxylic acids is 1. The lowest BCUT2D eigenvalue weighted by atomic mass is 10.0. The van der Waals surface area contributed by atoms with E-state index in [9.17, 15) is 22.9 Å². The number of carbonyl (C=O) groups is 1. The number of nitrogens with one attached hydrogen (secondary N) is 2. The summed E-state index contributed by atoms with van der Waals surface area (Å²) in [5.74, 6) is -2.33. The molecule has 3 aromatic carbocycles. The van der Waals surface area contributed by atoms with E-state index in [0.29, 0.717) is 23.8 Å². The highest BCUT2D eigenvalue weighted by atomic mass is 35.5. The summed E-state index contributed by atoms with van der Waals surface area (Å²) < 4.78 is 50.0. The number of fused-ring (bicyclic) bond motifs is 7. The molecule has 1 atom stereocenters. The molecule has 0 saturated heterocycles. The zero-order chi connectivity index (χ0) is 22.8. The quantitative estimate of drug-likeness (QED) is 0.439. The summed E-state index contributed by atoms with van der Waals surface area (Å²) in [6.45, 7) is 0.572. The second-order valence-electron chi connectivity index (χ2n) is 6.97. The van der Waals surface area contributed by atoms with Crippen molar-refractivity contribution in [3.05, 3.63) is 70.8 Å². The smallest absolute Gasteiger partial charge is 0.251 e. The first kappa shape index (κ1) is 22.0. The monoisotopic (exact) mass is 478 g/mol. The molecule has 0 spiro atoms. The number of hydrogen-bond acceptors (Lipinski definition) is 4. The summed E-state index contributed by atoms with van der Waals surface area (Å²) in [6, 6.07) is 10.9. The second-order valence-corrected chi connectivity index (χ2v) is 8.56. The van der Waals surface area contributed by atoms with Crippen LogP contribution in [0.3, 0.4) is 0 Å². The lowest BCUT2D eigenvalue weighted by Gasteiger charge is -2.13. The Bertz CT molecular complexity index is 1240. The van der Waals surface area contributed by atoms with Gasteiger partial charge in [0.25, 0.3) is 5.91 Å². The Labute approximate surface area is 189 Å². The largest absolute Gasteiger partial charge is 0.505 e. The van der Waals surface area contributed by atoms with Gasteiger partial charge in [0.1, 0.15) is 22.3 Å². The van der Waals surface area contributed by atoms with E-state index >= 15 is 0 Å². The molecule has 6 nitrogen and oxygen atoms in total. The molecule has 1 aliphatic rings. The van der Waals surface area contributed by atoms with Crippen LogP contribution in [0.25, 0.3) is 11.1 Å². The molecule has 3 N–H and O–H groups in total. The van der Waals surface area contributed by atoms with Gasteiger partial charge >= 0.3 is 0 Å². The van der Waals surface area contributed by atoms with Crippen LogP contribution in [0, 0.1) is 11.6 Å². The molecule has 0 saturated carbocycles. The van der Waals surface area contributed by atoms with Crippen LogP contribution in [0.15, 0.2) is 53.4 Å². The fourth-order valence-corrected chi connectivity index (χ4v) is 4.43. The van der Waals surface area contributed by atoms with Gasteiger partial charge < -0.3 is 15.2 Å². The van der Waals surface area contributed by atoms with Crippen LogP contribution in [-0.4, -0.2) is 28.4 Å². The van der Waals surface area contributed by atoms with Gasteiger partial charge in [-0.3, -0.25) is 9.52 Å². The van der Waals surface area contributed by atoms with Crippen LogP contribution in [0.2, 0.25) is 5.02 Å². The number of benzene rings is 3. The van der Waals surface area contributed by atoms with Crippen molar-refractivity contribution >= 4 is 34.2 Å². The van der Waals surface area contributed by atoms with Crippen molar-refractivity contribution in [2.24, 2.45) is 0 Å². The van der Waals surface area contributed by atoms with Crippen molar-refractivity contribution in [2.75, 3.05) is 17.9 Å². The third-order valence-corrected chi connectivity index (χ3v) is 6.17. The highest BCUT2D eigenvalue weighted by Gasteiger charge is 2.20. The number of hydrogen-bond donors (Lipinski definition) is 3. The lowest BCUT2D eigenvalue weighted by Crippen LogP contribution is -2.25. The molecule has 4 rings (SSSR count). The minimum atomic E-state index is -2.21. The van der Waals surface area contributed by atoms with Gasteiger partial charge in [-0.15, -0.1) is 0 Å². The van der Waals surface area contributed by atoms with Crippen molar-refractivity contribution in [1.82, 2.24) is 5.32 Å². The predicted octanol–water partition coefficient (Wildman–Crippen LogP) is 4.64. The zero-order valence-corrected chi connectivity index (χ0v) is 18.0. The Kier molecular flexibility index (Phi) is 6.29. The summed E-state index contributed by atoms with van der Waals surface area (Å²) in [7, 11) is -2.21. The first-order chi connectivity index (χ1) is 15.3. The number of halogens is 3. The van der Waals surface area contributed by atoms with Crippen LogP contribution >= 0.6 is 11.6 Å². The SMILES string of the molecule is O=C1NCCCOc2cccc(c2)-c2cc(c(F)cc2F)NS(=O)c2cc1cc(Cl)c2O. The van der Waals surface area contributed by atoms with Gasteiger partial charge in [-0.1, -0.05) is 23.7 Å². The van der Waals surface area contributed by atoms with Crippen LogP contribution in [-0.2, 0) is 11.0 Å². The highest BCUT2D eigenvalue weighted by molar-refractivity contribution is 7.86. The van der Waals surface area contributed by atoms with Crippen molar-refractivity contribution < 1.29 is 27.6 Å². The van der Waals surface area contributed by atoms with Gasteiger partial charge in [0.15, 0.2) is 16.7 Å². The molecule has 0 aliphatic carbocycles. The Morgan fingerprint density at radius 3 is 2.69 bits per heavy atom. The van der Waals surface area contributed by atoms with E-state index in [4.69, 9.17) is 16.3 Å². The fraction of sp³-hybridized carbons (Fsp3) is 0.136. The maximum atomic E-state index is 14.5. The Morgan fingerprint density at radius 1 is 1.06 bits per heavy atom. The number of anilines is 1. The van der Waals surface area contributed by atoms with Crippen molar-refractivity contribution in [2.45, 2.75) is 11.3 Å². The maximum Gasteiger partial charge on any atom is 0.251 e. The Morgan fingerprint density at radius 2 is 1.88 bits per heavy atom. The number of phenolic OH excluding ortho intramolecular Hbond substituents is 1. The van der Waals surface area contributed by atoms with Gasteiger partial charge in [-0.05, 0) is 42.3 Å². The first-order valence-electron chi connectivity index (χ1n) is 9.55. The van der Waals surface area contributed by atoms with Crippen molar-refractivity contribution in [3.8, 4) is 22.6 Å². The third-order valence-electron chi connectivity index (χ3n) is 4.77. The fourth-order valence-electron chi connectivity index (χ4n) is 3.17. The molecule has 10 heteroatoms. The van der Waals surface area contributed by atoms with E-state index in [2.05, 4.69) is 10.0 Å². The molecular weight excluding hydrogens is 462 g/mol. The molecule has 1 unspecified atom stereocenters. The van der Waals surface area contributed by atoms with Crippen LogP contribution in [0.1, 0.15) is 16.8 Å². The van der Waals surface area contributed by atoms with Crippen molar-refractivity contribution in [3.63, 3.8) is 0 Å². The number of phenols is 1. The average molecular weight is 479 g/mol. The standard InChI is InChI=1S/C22H17ClF2N2O4S/c23-16-8-13-9-20(21(16)28)32(30)27-19-10-15(17(24)11-18(19)25)12-3-1-4-14(7-12)31-6-2-5-26-22(13)29/h1,3-4,7-11,27-28H,2,5-6H2,(H,26,29). The van der Waals surface area contributed by atoms with E-state index in [-0.39, 0.29) is 39.9 Å². The maximum absolute atomic E-state index is 14.5. The molecule has 0 radical (unpaired) electrons. The molecule has 6 bridgehead atoms. The molecule has 1 heterocycles. The van der Waals surface area contributed by atoms with E-state index in [0.717, 1.165) is 0 Å². The Balaban J connectivity index is 1.82. The van der Waals surface area contributed by atoms with Gasteiger partial charge in [0, 0.05) is 23.7 Å². The van der Waals surface area contributed by atoms with Gasteiger partial charge in [0.05, 0.1) is 17.3 Å². The molecule has 0 fully saturated rings. The number of aromatic hydroxyl groups is 1. The minimum absolute atomic E-state index is 0.0634. The highest BCUT2D eigenvalue weighted by Crippen LogP contribution is 2.34. The minimum Gasteiger partial charge on any atom is -0.505 e. The summed E-state index contributed by atoms with van der Waals surface area (Å²) in [6.07, 6.45) is 0.483. The predicted molar refractivity (Wildman–Crippen MR) is 117 cm³/mol. The molecule has 3 aromatic rings. The molecule has 0 aromatic heterocycles. The molecule has 1 aliphatic heterocycles. The van der Waals surface area contributed by atoms with E-state index in [1.165, 1.54) is 18.2 Å². The molecular formula is C22H17ClF2N2O4S. The normalized spacial score (nSPS) is 16.3. The number of amides is 1. The van der Waals surface area contributed by atoms with E-state index < -0.39 is 34.3 Å². The number of rotatable bonds is 0. The Hall–Kier alpha value is -3.17. The van der Waals surface area contributed by atoms with E-state index in [1.54, 1.807) is 24.3 Å². The lowest BCUT2D eigenvalue weighted by molar-refractivity contribution is 0.0951. The topological polar surface area (TPSA) is 87.7 Å². The summed E-state index contributed by atoms with van der Waals surface area (Å²) >= 11 is 6.01. The molecule has 166 valence electrons. The summed E-state index contributed by atoms with van der Waals surface area (Å²) in [5.41, 5.74) is 0.295. The van der Waals surface area contributed by atoms with Gasteiger partial charge in [-0.2, -0.15) is 0 Å². The van der Waals surface area contributed by atoms with Gasteiger partial charge in [-0.25, -0.2) is 13.0 Å². The second kappa shape index (κ2) is 9.13. The summed E-state index contributed by atoms with van der Waals surface area (Å²) in [5, 5.41) is 12.7. The van der Waals surface area contributed by atoms with Crippen LogP contribution in [0.4, 0.5) is 14.5 Å². The molecule has 1 amide bonds. The molecule has 32 heavy (non-hydrogen) atoms. The van der Waals surface area contributed by atoms with Gasteiger partial charge in [0.2, 0.25) is 0 Å². The average Bonchev–Trinajstić information content (AvgIpc) is 2.76. The van der Waals surface area contributed by atoms with Crippen LogP contribution < -0.4 is 14.8 Å². The zero-order valence-electron chi connectivity index (χ0n) is 16.5. The third kappa shape index (κ3) is 4.53. The van der Waals surface area contributed by atoms with E-state index in [1.807, 2.05) is 0 Å². The first-order valence-corrected chi connectivity index (χ1v) is 11.1. The van der Waals surface area contributed by atoms with Crippen molar-refractivity contribution in [1.29, 1.82) is 0 Å². The summed E-state index contributed by atoms with van der Waals surface area (Å²) in [4.78, 5) is 12.2. The van der Waals surface area contributed by atoms with Crippen LogP contribution in [0.5, 0.6) is 11.5 Å².